The lowest BCUT2D eigenvalue weighted by Gasteiger charge is -2.08. The smallest absolute Gasteiger partial charge is 0.354 e. The first kappa shape index (κ1) is 13.4. The van der Waals surface area contributed by atoms with E-state index in [-0.39, 0.29) is 5.69 Å². The molecule has 19 heavy (non-hydrogen) atoms. The number of hydrogen-bond acceptors (Lipinski definition) is 3. The van der Waals surface area contributed by atoms with Crippen LogP contribution in [0.5, 0.6) is 5.75 Å². The van der Waals surface area contributed by atoms with Gasteiger partial charge in [-0.05, 0) is 42.8 Å². The molecule has 2 rings (SSSR count). The molecule has 1 N–H and O–H groups in total. The summed E-state index contributed by atoms with van der Waals surface area (Å²) in [7, 11) is 0. The van der Waals surface area contributed by atoms with Crippen molar-refractivity contribution in [1.82, 2.24) is 4.98 Å². The molecule has 5 heteroatoms. The Morgan fingerprint density at radius 3 is 2.79 bits per heavy atom. The number of pyridine rings is 1. The molecule has 0 radical (unpaired) electrons. The standard InChI is InChI=1S/C14H12ClNO3/c1-2-19-10-3-4-11(12(15)8-10)9-5-6-16-13(7-9)14(17)18/h3-8H,2H2,1H3,(H,17,18). The lowest BCUT2D eigenvalue weighted by atomic mass is 10.1. The monoisotopic (exact) mass is 277 g/mol. The molecule has 0 atom stereocenters. The van der Waals surface area contributed by atoms with Crippen LogP contribution >= 0.6 is 11.6 Å². The minimum atomic E-state index is -1.07. The van der Waals surface area contributed by atoms with E-state index in [4.69, 9.17) is 21.4 Å². The van der Waals surface area contributed by atoms with Gasteiger partial charge in [0.05, 0.1) is 11.6 Å². The molecule has 1 aromatic carbocycles. The molecule has 1 heterocycles. The van der Waals surface area contributed by atoms with Crippen LogP contribution in [0.25, 0.3) is 11.1 Å². The van der Waals surface area contributed by atoms with E-state index in [0.29, 0.717) is 22.9 Å². The van der Waals surface area contributed by atoms with Crippen molar-refractivity contribution in [3.8, 4) is 16.9 Å². The van der Waals surface area contributed by atoms with Crippen LogP contribution in [-0.2, 0) is 0 Å². The highest BCUT2D eigenvalue weighted by molar-refractivity contribution is 6.33. The van der Waals surface area contributed by atoms with E-state index >= 15 is 0 Å². The molecule has 0 aliphatic carbocycles. The lowest BCUT2D eigenvalue weighted by Crippen LogP contribution is -1.99. The van der Waals surface area contributed by atoms with E-state index < -0.39 is 5.97 Å². The number of hydrogen-bond donors (Lipinski definition) is 1. The van der Waals surface area contributed by atoms with Crippen LogP contribution in [0.3, 0.4) is 0 Å². The molecule has 0 aliphatic heterocycles. The van der Waals surface area contributed by atoms with Gasteiger partial charge in [0.2, 0.25) is 0 Å². The largest absolute Gasteiger partial charge is 0.494 e. The van der Waals surface area contributed by atoms with Crippen molar-refractivity contribution < 1.29 is 14.6 Å². The van der Waals surface area contributed by atoms with Crippen molar-refractivity contribution in [2.75, 3.05) is 6.61 Å². The number of halogens is 1. The minimum absolute atomic E-state index is 0.0116. The normalized spacial score (nSPS) is 10.2. The summed E-state index contributed by atoms with van der Waals surface area (Å²) in [6.07, 6.45) is 1.45. The maximum atomic E-state index is 10.9. The molecule has 0 bridgehead atoms. The Labute approximate surface area is 115 Å². The van der Waals surface area contributed by atoms with Gasteiger partial charge in [-0.3, -0.25) is 0 Å². The van der Waals surface area contributed by atoms with E-state index in [1.54, 1.807) is 24.3 Å². The molecular weight excluding hydrogens is 266 g/mol. The van der Waals surface area contributed by atoms with Crippen molar-refractivity contribution in [2.24, 2.45) is 0 Å². The highest BCUT2D eigenvalue weighted by Crippen LogP contribution is 2.31. The SMILES string of the molecule is CCOc1ccc(-c2ccnc(C(=O)O)c2)c(Cl)c1. The zero-order valence-corrected chi connectivity index (χ0v) is 11.0. The fraction of sp³-hybridized carbons (Fsp3) is 0.143. The number of benzene rings is 1. The second-order valence-electron chi connectivity index (χ2n) is 3.81. The Balaban J connectivity index is 2.41. The van der Waals surface area contributed by atoms with Gasteiger partial charge >= 0.3 is 5.97 Å². The highest BCUT2D eigenvalue weighted by atomic mass is 35.5. The third-order valence-corrected chi connectivity index (χ3v) is 2.85. The molecule has 0 aliphatic rings. The molecule has 1 aromatic heterocycles. The molecule has 0 amide bonds. The fourth-order valence-electron chi connectivity index (χ4n) is 1.70. The number of carbonyl (C=O) groups is 1. The van der Waals surface area contributed by atoms with Crippen LogP contribution in [0, 0.1) is 0 Å². The first-order valence-electron chi connectivity index (χ1n) is 5.74. The maximum absolute atomic E-state index is 10.9. The van der Waals surface area contributed by atoms with Gasteiger partial charge in [0.25, 0.3) is 0 Å². The lowest BCUT2D eigenvalue weighted by molar-refractivity contribution is 0.0690. The molecule has 0 spiro atoms. The fourth-order valence-corrected chi connectivity index (χ4v) is 1.98. The molecule has 4 nitrogen and oxygen atoms in total. The van der Waals surface area contributed by atoms with Gasteiger partial charge in [-0.15, -0.1) is 0 Å². The van der Waals surface area contributed by atoms with Crippen molar-refractivity contribution in [3.63, 3.8) is 0 Å². The minimum Gasteiger partial charge on any atom is -0.494 e. The molecule has 98 valence electrons. The summed E-state index contributed by atoms with van der Waals surface area (Å²) in [6, 6.07) is 8.51. The second kappa shape index (κ2) is 5.71. The summed E-state index contributed by atoms with van der Waals surface area (Å²) >= 11 is 6.18. The van der Waals surface area contributed by atoms with Crippen LogP contribution in [0.15, 0.2) is 36.5 Å². The molecule has 0 saturated carbocycles. The number of aromatic carboxylic acids is 1. The van der Waals surface area contributed by atoms with Gasteiger partial charge in [0.1, 0.15) is 11.4 Å². The molecule has 0 saturated heterocycles. The zero-order chi connectivity index (χ0) is 13.8. The Hall–Kier alpha value is -2.07. The van der Waals surface area contributed by atoms with E-state index in [9.17, 15) is 4.79 Å². The Kier molecular flexibility index (Phi) is 4.02. The van der Waals surface area contributed by atoms with Crippen molar-refractivity contribution in [3.05, 3.63) is 47.2 Å². The van der Waals surface area contributed by atoms with Crippen molar-refractivity contribution in [2.45, 2.75) is 6.92 Å². The van der Waals surface area contributed by atoms with E-state index in [1.807, 2.05) is 6.92 Å². The van der Waals surface area contributed by atoms with E-state index in [0.717, 1.165) is 5.56 Å². The third kappa shape index (κ3) is 3.03. The highest BCUT2D eigenvalue weighted by Gasteiger charge is 2.09. The van der Waals surface area contributed by atoms with Crippen LogP contribution in [-0.4, -0.2) is 22.7 Å². The molecule has 2 aromatic rings. The number of aromatic nitrogens is 1. The first-order chi connectivity index (χ1) is 9.11. The molecule has 0 unspecified atom stereocenters. The van der Waals surface area contributed by atoms with Gasteiger partial charge < -0.3 is 9.84 Å². The maximum Gasteiger partial charge on any atom is 0.354 e. The van der Waals surface area contributed by atoms with Gasteiger partial charge in [-0.1, -0.05) is 11.6 Å². The van der Waals surface area contributed by atoms with Crippen molar-refractivity contribution >= 4 is 17.6 Å². The number of rotatable bonds is 4. The van der Waals surface area contributed by atoms with E-state index in [2.05, 4.69) is 4.98 Å². The zero-order valence-electron chi connectivity index (χ0n) is 10.3. The average molecular weight is 278 g/mol. The Bertz CT molecular complexity index is 613. The number of ether oxygens (including phenoxy) is 1. The van der Waals surface area contributed by atoms with Crippen LogP contribution in [0.2, 0.25) is 5.02 Å². The quantitative estimate of drug-likeness (QED) is 0.929. The first-order valence-corrected chi connectivity index (χ1v) is 6.11. The number of nitrogens with zero attached hydrogens (tertiary/aromatic N) is 1. The predicted octanol–water partition coefficient (Wildman–Crippen LogP) is 3.50. The van der Waals surface area contributed by atoms with Crippen LogP contribution < -0.4 is 4.74 Å². The van der Waals surface area contributed by atoms with Crippen LogP contribution in [0.4, 0.5) is 0 Å². The van der Waals surface area contributed by atoms with Gasteiger partial charge in [0.15, 0.2) is 0 Å². The molecular formula is C14H12ClNO3. The number of carboxylic acid groups (broad SMARTS) is 1. The van der Waals surface area contributed by atoms with Gasteiger partial charge in [-0.25, -0.2) is 9.78 Å². The second-order valence-corrected chi connectivity index (χ2v) is 4.22. The summed E-state index contributed by atoms with van der Waals surface area (Å²) in [5.74, 6) is -0.382. The average Bonchev–Trinajstić information content (AvgIpc) is 2.39. The Morgan fingerprint density at radius 2 is 2.16 bits per heavy atom. The van der Waals surface area contributed by atoms with Crippen molar-refractivity contribution in [1.29, 1.82) is 0 Å². The topological polar surface area (TPSA) is 59.4 Å². The summed E-state index contributed by atoms with van der Waals surface area (Å²) in [5, 5.41) is 9.43. The van der Waals surface area contributed by atoms with Crippen LogP contribution in [0.1, 0.15) is 17.4 Å². The van der Waals surface area contributed by atoms with E-state index in [1.165, 1.54) is 12.3 Å². The third-order valence-electron chi connectivity index (χ3n) is 2.54. The summed E-state index contributed by atoms with van der Waals surface area (Å²) < 4.78 is 5.35. The van der Waals surface area contributed by atoms with Gasteiger partial charge in [0, 0.05) is 11.8 Å². The summed E-state index contributed by atoms with van der Waals surface area (Å²) in [6.45, 7) is 2.46. The summed E-state index contributed by atoms with van der Waals surface area (Å²) in [5.41, 5.74) is 1.44. The predicted molar refractivity (Wildman–Crippen MR) is 72.8 cm³/mol. The van der Waals surface area contributed by atoms with Gasteiger partial charge in [-0.2, -0.15) is 0 Å². The Morgan fingerprint density at radius 1 is 1.37 bits per heavy atom. The molecule has 0 fully saturated rings. The number of carboxylic acids is 1. The summed E-state index contributed by atoms with van der Waals surface area (Å²) in [4.78, 5) is 14.7.